The molecule has 1 atom stereocenters. The molecule has 34 heavy (non-hydrogen) atoms. The lowest BCUT2D eigenvalue weighted by Crippen LogP contribution is -2.45. The third kappa shape index (κ3) is 6.16. The Hall–Kier alpha value is -3.35. The highest BCUT2D eigenvalue weighted by Crippen LogP contribution is 2.44. The number of carboxylic acids is 1. The molecule has 7 heteroatoms. The molecule has 2 aromatic carbocycles. The molecule has 0 radical (unpaired) electrons. The molecule has 0 aliphatic heterocycles. The van der Waals surface area contributed by atoms with Gasteiger partial charge in [0.2, 0.25) is 5.91 Å². The van der Waals surface area contributed by atoms with Crippen molar-refractivity contribution in [2.24, 2.45) is 11.8 Å². The highest BCUT2D eigenvalue weighted by atomic mass is 16.5. The summed E-state index contributed by atoms with van der Waals surface area (Å²) in [4.78, 5) is 36.0. The first-order valence-electron chi connectivity index (χ1n) is 11.7. The van der Waals surface area contributed by atoms with Crippen LogP contribution in [0.4, 0.5) is 4.79 Å². The second-order valence-corrected chi connectivity index (χ2v) is 9.83. The molecule has 0 bridgehead atoms. The van der Waals surface area contributed by atoms with Gasteiger partial charge in [0.15, 0.2) is 0 Å². The van der Waals surface area contributed by atoms with Gasteiger partial charge >= 0.3 is 12.1 Å². The van der Waals surface area contributed by atoms with E-state index in [-0.39, 0.29) is 37.3 Å². The minimum Gasteiger partial charge on any atom is -0.481 e. The molecular weight excluding hydrogens is 432 g/mol. The maximum atomic E-state index is 12.5. The Labute approximate surface area is 200 Å². The summed E-state index contributed by atoms with van der Waals surface area (Å²) in [5, 5.41) is 14.8. The number of hydrogen-bond acceptors (Lipinski definition) is 4. The standard InChI is InChI=1S/C27H34N2O5/c1-17(2)22(25(31)32)15-28-24(30)13-14-27(3,4)29-26(33)34-16-23-20-11-7-5-9-18(20)19-10-6-8-12-21(19)23/h5-12,17,22-23H,13-16H2,1-4H3,(H,28,30)(H,29,33)(H,31,32). The number of nitrogens with one attached hydrogen (secondary N) is 2. The highest BCUT2D eigenvalue weighted by molar-refractivity contribution is 5.79. The molecule has 3 rings (SSSR count). The number of ether oxygens (including phenoxy) is 1. The van der Waals surface area contributed by atoms with E-state index in [1.165, 1.54) is 11.1 Å². The molecule has 2 amide bonds. The van der Waals surface area contributed by atoms with Crippen molar-refractivity contribution in [3.63, 3.8) is 0 Å². The first-order chi connectivity index (χ1) is 16.1. The van der Waals surface area contributed by atoms with E-state index in [4.69, 9.17) is 4.74 Å². The van der Waals surface area contributed by atoms with Crippen LogP contribution in [0.15, 0.2) is 48.5 Å². The van der Waals surface area contributed by atoms with Crippen LogP contribution in [0, 0.1) is 11.8 Å². The second kappa shape index (κ2) is 10.7. The van der Waals surface area contributed by atoms with Gasteiger partial charge in [-0.05, 0) is 48.4 Å². The SMILES string of the molecule is CC(C)C(CNC(=O)CCC(C)(C)NC(=O)OCC1c2ccccc2-c2ccccc21)C(=O)O. The van der Waals surface area contributed by atoms with E-state index in [0.29, 0.717) is 6.42 Å². The summed E-state index contributed by atoms with van der Waals surface area (Å²) in [6.45, 7) is 7.60. The number of hydrogen-bond donors (Lipinski definition) is 3. The molecule has 0 saturated heterocycles. The van der Waals surface area contributed by atoms with Crippen molar-refractivity contribution in [2.75, 3.05) is 13.2 Å². The molecule has 3 N–H and O–H groups in total. The summed E-state index contributed by atoms with van der Waals surface area (Å²) < 4.78 is 5.60. The van der Waals surface area contributed by atoms with Crippen LogP contribution in [0.1, 0.15) is 57.6 Å². The zero-order valence-electron chi connectivity index (χ0n) is 20.3. The van der Waals surface area contributed by atoms with Gasteiger partial charge in [0.05, 0.1) is 5.92 Å². The fourth-order valence-electron chi connectivity index (χ4n) is 4.32. The molecule has 0 spiro atoms. The summed E-state index contributed by atoms with van der Waals surface area (Å²) in [7, 11) is 0. The molecule has 1 aliphatic rings. The summed E-state index contributed by atoms with van der Waals surface area (Å²) >= 11 is 0. The van der Waals surface area contributed by atoms with Crippen molar-refractivity contribution < 1.29 is 24.2 Å². The van der Waals surface area contributed by atoms with Crippen LogP contribution < -0.4 is 10.6 Å². The lowest BCUT2D eigenvalue weighted by Gasteiger charge is -2.26. The monoisotopic (exact) mass is 466 g/mol. The Kier molecular flexibility index (Phi) is 7.97. The van der Waals surface area contributed by atoms with Crippen LogP contribution in [0.25, 0.3) is 11.1 Å². The van der Waals surface area contributed by atoms with Crippen LogP contribution >= 0.6 is 0 Å². The normalized spacial score (nSPS) is 13.7. The van der Waals surface area contributed by atoms with Gasteiger partial charge < -0.3 is 20.5 Å². The Morgan fingerprint density at radius 1 is 1.00 bits per heavy atom. The summed E-state index contributed by atoms with van der Waals surface area (Å²) in [6.07, 6.45) is 0.0295. The molecule has 1 aliphatic carbocycles. The van der Waals surface area contributed by atoms with Gasteiger partial charge in [0.1, 0.15) is 6.61 Å². The maximum absolute atomic E-state index is 12.5. The van der Waals surface area contributed by atoms with E-state index < -0.39 is 23.5 Å². The van der Waals surface area contributed by atoms with Crippen molar-refractivity contribution in [1.82, 2.24) is 10.6 Å². The second-order valence-electron chi connectivity index (χ2n) is 9.83. The summed E-state index contributed by atoms with van der Waals surface area (Å²) in [5.74, 6) is -1.89. The van der Waals surface area contributed by atoms with Crippen molar-refractivity contribution in [2.45, 2.75) is 52.0 Å². The van der Waals surface area contributed by atoms with E-state index in [2.05, 4.69) is 34.9 Å². The lowest BCUT2D eigenvalue weighted by molar-refractivity contribution is -0.143. The number of carboxylic acid groups (broad SMARTS) is 1. The molecule has 2 aromatic rings. The largest absolute Gasteiger partial charge is 0.481 e. The fourth-order valence-corrected chi connectivity index (χ4v) is 4.32. The first kappa shape index (κ1) is 25.3. The number of aliphatic carboxylic acids is 1. The van der Waals surface area contributed by atoms with Crippen molar-refractivity contribution in [3.8, 4) is 11.1 Å². The van der Waals surface area contributed by atoms with Gasteiger partial charge in [0, 0.05) is 24.4 Å². The number of alkyl carbamates (subject to hydrolysis) is 1. The van der Waals surface area contributed by atoms with Gasteiger partial charge in [0.25, 0.3) is 0 Å². The molecule has 1 unspecified atom stereocenters. The Morgan fingerprint density at radius 2 is 1.56 bits per heavy atom. The predicted molar refractivity (Wildman–Crippen MR) is 130 cm³/mol. The van der Waals surface area contributed by atoms with Crippen LogP contribution in [-0.2, 0) is 14.3 Å². The minimum absolute atomic E-state index is 0.0184. The van der Waals surface area contributed by atoms with E-state index in [9.17, 15) is 19.5 Å². The smallest absolute Gasteiger partial charge is 0.407 e. The Morgan fingerprint density at radius 3 is 2.09 bits per heavy atom. The number of rotatable bonds is 10. The topological polar surface area (TPSA) is 105 Å². The molecule has 0 saturated carbocycles. The van der Waals surface area contributed by atoms with Crippen LogP contribution in [-0.4, -0.2) is 41.8 Å². The average molecular weight is 467 g/mol. The third-order valence-electron chi connectivity index (χ3n) is 6.40. The lowest BCUT2D eigenvalue weighted by atomic mass is 9.95. The Bertz CT molecular complexity index is 1000. The zero-order valence-corrected chi connectivity index (χ0v) is 20.3. The van der Waals surface area contributed by atoms with Crippen molar-refractivity contribution in [3.05, 3.63) is 59.7 Å². The van der Waals surface area contributed by atoms with Crippen molar-refractivity contribution >= 4 is 18.0 Å². The number of carbonyl (C=O) groups excluding carboxylic acids is 2. The van der Waals surface area contributed by atoms with Gasteiger partial charge in [-0.15, -0.1) is 0 Å². The van der Waals surface area contributed by atoms with E-state index >= 15 is 0 Å². The van der Waals surface area contributed by atoms with Gasteiger partial charge in [-0.3, -0.25) is 9.59 Å². The molecule has 182 valence electrons. The Balaban J connectivity index is 1.49. The summed E-state index contributed by atoms with van der Waals surface area (Å²) in [6, 6.07) is 16.3. The number of carbonyl (C=O) groups is 3. The van der Waals surface area contributed by atoms with E-state index in [1.807, 2.05) is 52.0 Å². The fraction of sp³-hybridized carbons (Fsp3) is 0.444. The zero-order chi connectivity index (χ0) is 24.9. The predicted octanol–water partition coefficient (Wildman–Crippen LogP) is 4.56. The van der Waals surface area contributed by atoms with Crippen LogP contribution in [0.2, 0.25) is 0 Å². The first-order valence-corrected chi connectivity index (χ1v) is 11.7. The van der Waals surface area contributed by atoms with Gasteiger partial charge in [-0.1, -0.05) is 62.4 Å². The van der Waals surface area contributed by atoms with E-state index in [0.717, 1.165) is 11.1 Å². The molecule has 0 fully saturated rings. The highest BCUT2D eigenvalue weighted by Gasteiger charge is 2.30. The maximum Gasteiger partial charge on any atom is 0.407 e. The number of benzene rings is 2. The number of amides is 2. The van der Waals surface area contributed by atoms with Crippen LogP contribution in [0.3, 0.4) is 0 Å². The molecule has 7 nitrogen and oxygen atoms in total. The van der Waals surface area contributed by atoms with Gasteiger partial charge in [-0.25, -0.2) is 4.79 Å². The molecule has 0 aromatic heterocycles. The summed E-state index contributed by atoms with van der Waals surface area (Å²) in [5.41, 5.74) is 3.97. The molecular formula is C27H34N2O5. The molecule has 0 heterocycles. The number of fused-ring (bicyclic) bond motifs is 3. The van der Waals surface area contributed by atoms with Gasteiger partial charge in [-0.2, -0.15) is 0 Å². The average Bonchev–Trinajstić information content (AvgIpc) is 3.09. The quantitative estimate of drug-likeness (QED) is 0.476. The van der Waals surface area contributed by atoms with Crippen LogP contribution in [0.5, 0.6) is 0 Å². The third-order valence-corrected chi connectivity index (χ3v) is 6.40. The minimum atomic E-state index is -0.924. The van der Waals surface area contributed by atoms with E-state index in [1.54, 1.807) is 0 Å². The van der Waals surface area contributed by atoms with Crippen molar-refractivity contribution in [1.29, 1.82) is 0 Å².